The predicted molar refractivity (Wildman–Crippen MR) is 96.7 cm³/mol. The highest BCUT2D eigenvalue weighted by atomic mass is 35.5. The van der Waals surface area contributed by atoms with Crippen molar-refractivity contribution in [3.63, 3.8) is 0 Å². The number of carboxylic acid groups (broad SMARTS) is 1. The molecule has 3 N–H and O–H groups in total. The van der Waals surface area contributed by atoms with Crippen molar-refractivity contribution >= 4 is 40.6 Å². The number of nitriles is 1. The number of hydrazone groups is 1. The third-order valence-corrected chi connectivity index (χ3v) is 3.40. The Hall–Kier alpha value is -3.57. The number of benzene rings is 2. The summed E-state index contributed by atoms with van der Waals surface area (Å²) in [5.41, 5.74) is 2.91. The van der Waals surface area contributed by atoms with Crippen LogP contribution >= 0.6 is 11.6 Å². The van der Waals surface area contributed by atoms with Gasteiger partial charge in [0.1, 0.15) is 11.8 Å². The molecular weight excluding hydrogens is 360 g/mol. The lowest BCUT2D eigenvalue weighted by Crippen LogP contribution is -2.22. The molecule has 8 nitrogen and oxygen atoms in total. The van der Waals surface area contributed by atoms with Crippen LogP contribution in [0.4, 0.5) is 11.4 Å². The smallest absolute Gasteiger partial charge is 0.335 e. The van der Waals surface area contributed by atoms with Crippen LogP contribution < -0.4 is 15.5 Å². The lowest BCUT2D eigenvalue weighted by Gasteiger charge is -2.08. The van der Waals surface area contributed by atoms with Crippen molar-refractivity contribution in [2.45, 2.75) is 0 Å². The molecule has 132 valence electrons. The molecule has 0 atom stereocenters. The summed E-state index contributed by atoms with van der Waals surface area (Å²) in [6.45, 7) is 0. The van der Waals surface area contributed by atoms with E-state index in [9.17, 15) is 9.59 Å². The first-order valence-electron chi connectivity index (χ1n) is 7.16. The Labute approximate surface area is 153 Å². The quantitative estimate of drug-likeness (QED) is 0.529. The lowest BCUT2D eigenvalue weighted by molar-refractivity contribution is -0.110. The highest BCUT2D eigenvalue weighted by molar-refractivity contribution is 6.48. The fraction of sp³-hybridized carbons (Fsp3) is 0.0588. The predicted octanol–water partition coefficient (Wildman–Crippen LogP) is 2.98. The monoisotopic (exact) mass is 372 g/mol. The molecule has 1 amide bonds. The normalized spacial score (nSPS) is 10.6. The molecule has 2 aromatic rings. The Kier molecular flexibility index (Phi) is 6.14. The molecule has 0 heterocycles. The molecule has 0 unspecified atom stereocenters. The standard InChI is InChI=1S/C17H13ClN4O4/c1-26-15-7-4-11(18)8-13(15)21-22-14(9-19)16(23)20-12-5-2-10(3-6-12)17(24)25/h2-8,21H,1H3,(H,20,23)(H,24,25). The lowest BCUT2D eigenvalue weighted by atomic mass is 10.2. The van der Waals surface area contributed by atoms with E-state index in [1.54, 1.807) is 18.2 Å². The van der Waals surface area contributed by atoms with E-state index in [4.69, 9.17) is 26.7 Å². The summed E-state index contributed by atoms with van der Waals surface area (Å²) in [6, 6.07) is 11.9. The van der Waals surface area contributed by atoms with E-state index < -0.39 is 17.6 Å². The summed E-state index contributed by atoms with van der Waals surface area (Å²) in [6.07, 6.45) is 0. The van der Waals surface area contributed by atoms with Gasteiger partial charge in [0.2, 0.25) is 5.71 Å². The molecule has 0 aliphatic rings. The van der Waals surface area contributed by atoms with E-state index in [1.165, 1.54) is 37.4 Å². The minimum Gasteiger partial charge on any atom is -0.495 e. The topological polar surface area (TPSA) is 124 Å². The largest absolute Gasteiger partial charge is 0.495 e. The van der Waals surface area contributed by atoms with Gasteiger partial charge in [0.05, 0.1) is 18.4 Å². The first-order chi connectivity index (χ1) is 12.4. The van der Waals surface area contributed by atoms with Crippen molar-refractivity contribution in [2.75, 3.05) is 17.9 Å². The minimum atomic E-state index is -1.08. The third kappa shape index (κ3) is 4.72. The summed E-state index contributed by atoms with van der Waals surface area (Å²) in [5.74, 6) is -1.41. The number of anilines is 2. The van der Waals surface area contributed by atoms with Crippen LogP contribution in [0.5, 0.6) is 5.75 Å². The van der Waals surface area contributed by atoms with Gasteiger partial charge >= 0.3 is 5.97 Å². The molecule has 0 aromatic heterocycles. The van der Waals surface area contributed by atoms with Crippen LogP contribution in [-0.4, -0.2) is 29.8 Å². The van der Waals surface area contributed by atoms with Crippen molar-refractivity contribution in [2.24, 2.45) is 5.10 Å². The molecule has 0 aliphatic heterocycles. The number of carbonyl (C=O) groups is 2. The molecule has 0 bridgehead atoms. The number of hydrogen-bond acceptors (Lipinski definition) is 6. The maximum atomic E-state index is 12.1. The molecule has 0 saturated heterocycles. The molecule has 9 heteroatoms. The van der Waals surface area contributed by atoms with Gasteiger partial charge in [0, 0.05) is 10.7 Å². The molecule has 0 aliphatic carbocycles. The summed E-state index contributed by atoms with van der Waals surface area (Å²) in [5, 5.41) is 24.6. The summed E-state index contributed by atoms with van der Waals surface area (Å²) < 4.78 is 5.13. The van der Waals surface area contributed by atoms with Crippen LogP contribution in [-0.2, 0) is 4.79 Å². The van der Waals surface area contributed by atoms with Crippen LogP contribution in [0, 0.1) is 11.3 Å². The number of rotatable bonds is 6. The fourth-order valence-corrected chi connectivity index (χ4v) is 2.07. The average Bonchev–Trinajstić information content (AvgIpc) is 2.63. The molecule has 2 aromatic carbocycles. The molecule has 0 spiro atoms. The first kappa shape index (κ1) is 18.8. The Balaban J connectivity index is 2.13. The number of hydrogen-bond donors (Lipinski definition) is 3. The van der Waals surface area contributed by atoms with E-state index in [1.807, 2.05) is 0 Å². The molecule has 26 heavy (non-hydrogen) atoms. The van der Waals surface area contributed by atoms with E-state index in [0.29, 0.717) is 22.1 Å². The van der Waals surface area contributed by atoms with Gasteiger partial charge in [-0.25, -0.2) is 4.79 Å². The van der Waals surface area contributed by atoms with Crippen molar-refractivity contribution in [3.05, 3.63) is 53.1 Å². The van der Waals surface area contributed by atoms with E-state index >= 15 is 0 Å². The van der Waals surface area contributed by atoms with Crippen molar-refractivity contribution in [1.82, 2.24) is 0 Å². The highest BCUT2D eigenvalue weighted by Gasteiger charge is 2.13. The number of nitrogens with zero attached hydrogens (tertiary/aromatic N) is 2. The van der Waals surface area contributed by atoms with E-state index in [-0.39, 0.29) is 5.56 Å². The number of nitrogens with one attached hydrogen (secondary N) is 2. The summed E-state index contributed by atoms with van der Waals surface area (Å²) in [7, 11) is 1.46. The van der Waals surface area contributed by atoms with Gasteiger partial charge in [-0.1, -0.05) is 11.6 Å². The molecule has 0 radical (unpaired) electrons. The zero-order valence-electron chi connectivity index (χ0n) is 13.5. The fourth-order valence-electron chi connectivity index (χ4n) is 1.90. The number of ether oxygens (including phenoxy) is 1. The Morgan fingerprint density at radius 1 is 1.23 bits per heavy atom. The second kappa shape index (κ2) is 8.50. The zero-order chi connectivity index (χ0) is 19.1. The van der Waals surface area contributed by atoms with Crippen molar-refractivity contribution < 1.29 is 19.4 Å². The Bertz CT molecular complexity index is 904. The zero-order valence-corrected chi connectivity index (χ0v) is 14.2. The van der Waals surface area contributed by atoms with Gasteiger partial charge in [-0.05, 0) is 42.5 Å². The minimum absolute atomic E-state index is 0.0758. The number of aromatic carboxylic acids is 1. The SMILES string of the molecule is COc1ccc(Cl)cc1NN=C(C#N)C(=O)Nc1ccc(C(=O)O)cc1. The Morgan fingerprint density at radius 2 is 1.92 bits per heavy atom. The first-order valence-corrected chi connectivity index (χ1v) is 7.54. The van der Waals surface area contributed by atoms with Crippen LogP contribution in [0.2, 0.25) is 5.02 Å². The number of carbonyl (C=O) groups excluding carboxylic acids is 1. The van der Waals surface area contributed by atoms with E-state index in [2.05, 4.69) is 15.8 Å². The number of halogens is 1. The van der Waals surface area contributed by atoms with Crippen molar-refractivity contribution in [1.29, 1.82) is 5.26 Å². The summed E-state index contributed by atoms with van der Waals surface area (Å²) >= 11 is 5.90. The van der Waals surface area contributed by atoms with Crippen LogP contribution in [0.15, 0.2) is 47.6 Å². The molecular formula is C17H13ClN4O4. The number of carboxylic acids is 1. The number of amides is 1. The third-order valence-electron chi connectivity index (χ3n) is 3.16. The van der Waals surface area contributed by atoms with Gasteiger partial charge in [0.15, 0.2) is 0 Å². The Morgan fingerprint density at radius 3 is 2.50 bits per heavy atom. The van der Waals surface area contributed by atoms with Gasteiger partial charge in [0.25, 0.3) is 5.91 Å². The van der Waals surface area contributed by atoms with Gasteiger partial charge in [-0.2, -0.15) is 10.4 Å². The van der Waals surface area contributed by atoms with Gasteiger partial charge in [-0.3, -0.25) is 10.2 Å². The maximum Gasteiger partial charge on any atom is 0.335 e. The van der Waals surface area contributed by atoms with Crippen LogP contribution in [0.1, 0.15) is 10.4 Å². The number of methoxy groups -OCH3 is 1. The van der Waals surface area contributed by atoms with Crippen LogP contribution in [0.25, 0.3) is 0 Å². The van der Waals surface area contributed by atoms with Crippen molar-refractivity contribution in [3.8, 4) is 11.8 Å². The van der Waals surface area contributed by atoms with E-state index in [0.717, 1.165) is 0 Å². The average molecular weight is 373 g/mol. The molecule has 2 rings (SSSR count). The summed E-state index contributed by atoms with van der Waals surface area (Å²) in [4.78, 5) is 22.9. The van der Waals surface area contributed by atoms with Gasteiger partial charge < -0.3 is 15.2 Å². The molecule has 0 fully saturated rings. The van der Waals surface area contributed by atoms with Gasteiger partial charge in [-0.15, -0.1) is 0 Å². The molecule has 0 saturated carbocycles. The van der Waals surface area contributed by atoms with Crippen LogP contribution in [0.3, 0.4) is 0 Å². The maximum absolute atomic E-state index is 12.1. The second-order valence-electron chi connectivity index (χ2n) is 4.87. The second-order valence-corrected chi connectivity index (χ2v) is 5.30. The highest BCUT2D eigenvalue weighted by Crippen LogP contribution is 2.27.